The maximum atomic E-state index is 13.0. The number of nitrogens with zero attached hydrogens (tertiary/aromatic N) is 1. The van der Waals surface area contributed by atoms with E-state index in [1.807, 2.05) is 12.1 Å². The molecule has 0 aliphatic heterocycles. The highest BCUT2D eigenvalue weighted by Crippen LogP contribution is 2.40. The lowest BCUT2D eigenvalue weighted by molar-refractivity contribution is -0.382. The molecule has 0 aliphatic rings. The fourth-order valence-corrected chi connectivity index (χ4v) is 5.28. The van der Waals surface area contributed by atoms with Gasteiger partial charge in [-0.15, -0.1) is 11.3 Å². The Morgan fingerprint density at radius 1 is 1.09 bits per heavy atom. The van der Waals surface area contributed by atoms with E-state index in [0.29, 0.717) is 38.2 Å². The van der Waals surface area contributed by atoms with Gasteiger partial charge in [0, 0.05) is 34.2 Å². The number of carbonyl (C=O) groups excluding carboxylic acids is 1. The molecule has 0 aliphatic carbocycles. The normalized spacial score (nSPS) is 11.0. The van der Waals surface area contributed by atoms with Crippen molar-refractivity contribution >= 4 is 61.3 Å². The van der Waals surface area contributed by atoms with Gasteiger partial charge in [-0.3, -0.25) is 14.9 Å². The number of halogens is 1. The summed E-state index contributed by atoms with van der Waals surface area (Å²) in [6.07, 6.45) is 0. The number of fused-ring (bicyclic) bond motifs is 2. The van der Waals surface area contributed by atoms with Crippen LogP contribution in [0.1, 0.15) is 9.67 Å². The number of nitrogens with one attached hydrogen (secondary N) is 1. The van der Waals surface area contributed by atoms with Crippen LogP contribution >= 0.6 is 22.9 Å². The molecule has 0 saturated carbocycles. The predicted octanol–water partition coefficient (Wildman–Crippen LogP) is 6.50. The summed E-state index contributed by atoms with van der Waals surface area (Å²) < 4.78 is 11.2. The maximum absolute atomic E-state index is 13.0. The van der Waals surface area contributed by atoms with Crippen LogP contribution in [0.3, 0.4) is 0 Å². The lowest BCUT2D eigenvalue weighted by Gasteiger charge is -2.11. The first-order valence-electron chi connectivity index (χ1n) is 10.3. The minimum atomic E-state index is -0.523. The highest BCUT2D eigenvalue weighted by Gasteiger charge is 2.23. The summed E-state index contributed by atoms with van der Waals surface area (Å²) in [7, 11) is 1.45. The Kier molecular flexibility index (Phi) is 5.72. The zero-order valence-electron chi connectivity index (χ0n) is 18.0. The van der Waals surface area contributed by atoms with Gasteiger partial charge in [0.15, 0.2) is 0 Å². The van der Waals surface area contributed by atoms with Crippen LogP contribution in [-0.4, -0.2) is 17.9 Å². The minimum Gasteiger partial charge on any atom is -0.496 e. The summed E-state index contributed by atoms with van der Waals surface area (Å²) in [5.41, 5.74) is 1.05. The van der Waals surface area contributed by atoms with Crippen LogP contribution in [0, 0.1) is 10.1 Å². The lowest BCUT2D eigenvalue weighted by Crippen LogP contribution is -2.11. The van der Waals surface area contributed by atoms with Crippen molar-refractivity contribution in [1.82, 2.24) is 0 Å². The second-order valence-electron chi connectivity index (χ2n) is 7.51. The SMILES string of the molecule is COc1cc(NC(=O)c2sc3c([N+](=O)[O-])cccc3c2Cl)ccc1-c1cc2ccccc2oc1=O. The van der Waals surface area contributed by atoms with E-state index < -0.39 is 16.5 Å². The van der Waals surface area contributed by atoms with E-state index in [4.69, 9.17) is 20.8 Å². The number of rotatable bonds is 5. The molecule has 2 aromatic heterocycles. The number of hydrogen-bond donors (Lipinski definition) is 1. The third-order valence-corrected chi connectivity index (χ3v) is 7.16. The van der Waals surface area contributed by atoms with E-state index in [0.717, 1.165) is 16.7 Å². The number of ether oxygens (including phenoxy) is 1. The molecule has 8 nitrogen and oxygen atoms in total. The van der Waals surface area contributed by atoms with Crippen molar-refractivity contribution in [2.75, 3.05) is 12.4 Å². The number of anilines is 1. The second-order valence-corrected chi connectivity index (χ2v) is 8.91. The molecule has 0 saturated heterocycles. The van der Waals surface area contributed by atoms with Gasteiger partial charge in [-0.2, -0.15) is 0 Å². The number of thiophene rings is 1. The summed E-state index contributed by atoms with van der Waals surface area (Å²) in [4.78, 5) is 36.5. The fourth-order valence-electron chi connectivity index (χ4n) is 3.79. The molecule has 0 unspecified atom stereocenters. The van der Waals surface area contributed by atoms with Crippen LogP contribution in [-0.2, 0) is 0 Å². The largest absolute Gasteiger partial charge is 0.496 e. The van der Waals surface area contributed by atoms with Crippen molar-refractivity contribution < 1.29 is 18.9 Å². The average molecular weight is 507 g/mol. The quantitative estimate of drug-likeness (QED) is 0.165. The topological polar surface area (TPSA) is 112 Å². The molecule has 0 spiro atoms. The van der Waals surface area contributed by atoms with E-state index in [1.165, 1.54) is 19.2 Å². The smallest absolute Gasteiger partial charge is 0.344 e. The Bertz CT molecular complexity index is 1710. The van der Waals surface area contributed by atoms with Gasteiger partial charge in [-0.1, -0.05) is 41.9 Å². The van der Waals surface area contributed by atoms with Crippen LogP contribution in [0.2, 0.25) is 5.02 Å². The van der Waals surface area contributed by atoms with E-state index in [9.17, 15) is 19.7 Å². The van der Waals surface area contributed by atoms with E-state index >= 15 is 0 Å². The zero-order chi connectivity index (χ0) is 24.7. The number of methoxy groups -OCH3 is 1. The summed E-state index contributed by atoms with van der Waals surface area (Å²) in [5.74, 6) is -0.172. The summed E-state index contributed by atoms with van der Waals surface area (Å²) in [5, 5.41) is 15.4. The molecule has 0 bridgehead atoms. The predicted molar refractivity (Wildman–Crippen MR) is 136 cm³/mol. The zero-order valence-corrected chi connectivity index (χ0v) is 19.6. The molecule has 1 amide bonds. The summed E-state index contributed by atoms with van der Waals surface area (Å²) in [6, 6.07) is 18.3. The molecule has 0 fully saturated rings. The van der Waals surface area contributed by atoms with Crippen molar-refractivity contribution in [1.29, 1.82) is 0 Å². The Labute approximate surface area is 206 Å². The number of nitro benzene ring substituents is 1. The number of carbonyl (C=O) groups is 1. The van der Waals surface area contributed by atoms with Gasteiger partial charge in [0.25, 0.3) is 11.6 Å². The Balaban J connectivity index is 1.50. The van der Waals surface area contributed by atoms with Crippen LogP contribution in [0.15, 0.2) is 75.9 Å². The number of para-hydroxylation sites is 1. The molecule has 174 valence electrons. The monoisotopic (exact) mass is 506 g/mol. The van der Waals surface area contributed by atoms with Gasteiger partial charge in [-0.05, 0) is 24.3 Å². The van der Waals surface area contributed by atoms with Gasteiger partial charge in [-0.25, -0.2) is 4.79 Å². The van der Waals surface area contributed by atoms with Gasteiger partial charge in [0.05, 0.1) is 22.6 Å². The lowest BCUT2D eigenvalue weighted by atomic mass is 10.0. The van der Waals surface area contributed by atoms with Crippen LogP contribution in [0.4, 0.5) is 11.4 Å². The van der Waals surface area contributed by atoms with Crippen molar-refractivity contribution in [3.8, 4) is 16.9 Å². The number of nitro groups is 1. The van der Waals surface area contributed by atoms with E-state index in [-0.39, 0.29) is 15.6 Å². The molecule has 35 heavy (non-hydrogen) atoms. The Hall–Kier alpha value is -4.21. The third kappa shape index (κ3) is 4.01. The molecular weight excluding hydrogens is 492 g/mol. The van der Waals surface area contributed by atoms with Gasteiger partial charge < -0.3 is 14.5 Å². The first-order chi connectivity index (χ1) is 16.9. The van der Waals surface area contributed by atoms with Crippen molar-refractivity contribution in [3.05, 3.63) is 97.2 Å². The van der Waals surface area contributed by atoms with E-state index in [1.54, 1.807) is 42.5 Å². The fraction of sp³-hybridized carbons (Fsp3) is 0.0400. The van der Waals surface area contributed by atoms with Gasteiger partial charge in [0.1, 0.15) is 20.9 Å². The summed E-state index contributed by atoms with van der Waals surface area (Å²) in [6.45, 7) is 0. The highest BCUT2D eigenvalue weighted by atomic mass is 35.5. The van der Waals surface area contributed by atoms with Gasteiger partial charge in [0.2, 0.25) is 0 Å². The molecule has 0 atom stereocenters. The maximum Gasteiger partial charge on any atom is 0.344 e. The number of amides is 1. The molecule has 5 aromatic rings. The van der Waals surface area contributed by atoms with Crippen LogP contribution < -0.4 is 15.7 Å². The molecular formula is C25H15ClN2O6S. The second kappa shape index (κ2) is 8.86. The van der Waals surface area contributed by atoms with Crippen molar-refractivity contribution in [3.63, 3.8) is 0 Å². The molecule has 2 heterocycles. The molecule has 5 rings (SSSR count). The highest BCUT2D eigenvalue weighted by molar-refractivity contribution is 7.22. The van der Waals surface area contributed by atoms with Crippen molar-refractivity contribution in [2.45, 2.75) is 0 Å². The molecule has 3 aromatic carbocycles. The number of benzene rings is 3. The Morgan fingerprint density at radius 2 is 1.89 bits per heavy atom. The molecule has 0 radical (unpaired) electrons. The third-order valence-electron chi connectivity index (χ3n) is 5.43. The van der Waals surface area contributed by atoms with Crippen LogP contribution in [0.25, 0.3) is 32.2 Å². The number of non-ortho nitro benzene ring substituents is 1. The standard InChI is InChI=1S/C25H15ClN2O6S/c1-33-20-12-14(9-10-15(20)17-11-13-5-2-3-8-19(13)34-25(17)30)27-24(29)23-21(26)16-6-4-7-18(28(31)32)22(16)35-23/h2-12H,1H3,(H,27,29). The first kappa shape index (κ1) is 22.6. The average Bonchev–Trinajstić information content (AvgIpc) is 3.20. The minimum absolute atomic E-state index is 0.117. The first-order valence-corrected chi connectivity index (χ1v) is 11.4. The Morgan fingerprint density at radius 3 is 2.66 bits per heavy atom. The van der Waals surface area contributed by atoms with Crippen molar-refractivity contribution in [2.24, 2.45) is 0 Å². The molecule has 1 N–H and O–H groups in total. The van der Waals surface area contributed by atoms with Gasteiger partial charge >= 0.3 is 5.63 Å². The van der Waals surface area contributed by atoms with E-state index in [2.05, 4.69) is 5.32 Å². The molecule has 10 heteroatoms. The van der Waals surface area contributed by atoms with Crippen LogP contribution in [0.5, 0.6) is 5.75 Å². The summed E-state index contributed by atoms with van der Waals surface area (Å²) >= 11 is 7.33. The number of hydrogen-bond acceptors (Lipinski definition) is 7.